The summed E-state index contributed by atoms with van der Waals surface area (Å²) in [6.45, 7) is 1.38. The average Bonchev–Trinajstić information content (AvgIpc) is 3.15. The molecule has 0 fully saturated rings. The van der Waals surface area contributed by atoms with Crippen molar-refractivity contribution < 1.29 is 9.53 Å². The monoisotopic (exact) mass is 366 g/mol. The second-order valence-electron chi connectivity index (χ2n) is 6.28. The Bertz CT molecular complexity index is 950. The normalized spacial score (nSPS) is 16.2. The predicted octanol–water partition coefficient (Wildman–Crippen LogP) is 4.40. The Balaban J connectivity index is 1.80. The molecule has 0 aliphatic carbocycles. The summed E-state index contributed by atoms with van der Waals surface area (Å²) in [5.74, 6) is 0.545. The zero-order chi connectivity index (χ0) is 18.1. The Kier molecular flexibility index (Phi) is 4.43. The number of benzene rings is 2. The van der Waals surface area contributed by atoms with Crippen molar-refractivity contribution in [2.45, 2.75) is 12.6 Å². The smallest absolute Gasteiger partial charge is 0.258 e. The number of para-hydroxylation sites is 1. The second kappa shape index (κ2) is 6.89. The number of nitrogens with zero attached hydrogens (tertiary/aromatic N) is 2. The highest BCUT2D eigenvalue weighted by molar-refractivity contribution is 6.30. The van der Waals surface area contributed by atoms with Crippen molar-refractivity contribution in [1.29, 1.82) is 0 Å². The minimum absolute atomic E-state index is 0.0418. The van der Waals surface area contributed by atoms with E-state index in [-0.39, 0.29) is 11.9 Å². The van der Waals surface area contributed by atoms with Crippen LogP contribution in [0, 0.1) is 0 Å². The van der Waals surface area contributed by atoms with Crippen LogP contribution in [-0.4, -0.2) is 29.0 Å². The molecule has 1 amide bonds. The molecule has 0 radical (unpaired) electrons. The van der Waals surface area contributed by atoms with Gasteiger partial charge in [-0.3, -0.25) is 4.79 Å². The topological polar surface area (TPSA) is 34.5 Å². The van der Waals surface area contributed by atoms with E-state index in [4.69, 9.17) is 16.3 Å². The molecular weight excluding hydrogens is 348 g/mol. The maximum absolute atomic E-state index is 13.4. The summed E-state index contributed by atoms with van der Waals surface area (Å²) in [6.07, 6.45) is 2.05. The number of carbonyl (C=O) groups excluding carboxylic acids is 1. The van der Waals surface area contributed by atoms with Crippen LogP contribution in [-0.2, 0) is 6.54 Å². The number of hydrogen-bond donors (Lipinski definition) is 0. The molecule has 1 aromatic heterocycles. The number of fused-ring (bicyclic) bond motifs is 1. The molecule has 5 heteroatoms. The number of ether oxygens (including phenoxy) is 1. The van der Waals surface area contributed by atoms with Crippen LogP contribution >= 0.6 is 11.6 Å². The molecule has 1 atom stereocenters. The standard InChI is InChI=1S/C21H19ClN2O2/c1-26-19-10-3-2-8-17(19)21(25)24-13-12-23-11-5-9-18(23)20(24)15-6-4-7-16(22)14-15/h2-11,14,20H,12-13H2,1H3. The summed E-state index contributed by atoms with van der Waals surface area (Å²) in [5, 5.41) is 0.663. The maximum Gasteiger partial charge on any atom is 0.258 e. The molecule has 4 rings (SSSR count). The summed E-state index contributed by atoms with van der Waals surface area (Å²) in [6, 6.07) is 19.0. The van der Waals surface area contributed by atoms with Crippen molar-refractivity contribution in [2.75, 3.05) is 13.7 Å². The fourth-order valence-electron chi connectivity index (χ4n) is 3.61. The lowest BCUT2D eigenvalue weighted by molar-refractivity contribution is 0.0660. The van der Waals surface area contributed by atoms with E-state index in [0.717, 1.165) is 17.8 Å². The molecule has 2 aromatic carbocycles. The highest BCUT2D eigenvalue weighted by Gasteiger charge is 2.33. The summed E-state index contributed by atoms with van der Waals surface area (Å²) < 4.78 is 7.59. The van der Waals surface area contributed by atoms with Gasteiger partial charge >= 0.3 is 0 Å². The number of carbonyl (C=O) groups is 1. The van der Waals surface area contributed by atoms with E-state index in [2.05, 4.69) is 16.8 Å². The van der Waals surface area contributed by atoms with Crippen LogP contribution in [0.1, 0.15) is 27.7 Å². The van der Waals surface area contributed by atoms with Gasteiger partial charge < -0.3 is 14.2 Å². The zero-order valence-corrected chi connectivity index (χ0v) is 15.2. The van der Waals surface area contributed by atoms with E-state index in [1.807, 2.05) is 59.5 Å². The number of methoxy groups -OCH3 is 1. The highest BCUT2D eigenvalue weighted by Crippen LogP contribution is 2.35. The second-order valence-corrected chi connectivity index (χ2v) is 6.72. The maximum atomic E-state index is 13.4. The molecule has 26 heavy (non-hydrogen) atoms. The Morgan fingerprint density at radius 2 is 1.92 bits per heavy atom. The fraction of sp³-hybridized carbons (Fsp3) is 0.190. The third-order valence-electron chi connectivity index (χ3n) is 4.80. The molecule has 1 aliphatic rings. The van der Waals surface area contributed by atoms with Gasteiger partial charge in [0.05, 0.1) is 18.7 Å². The van der Waals surface area contributed by atoms with Gasteiger partial charge in [-0.25, -0.2) is 0 Å². The number of halogens is 1. The van der Waals surface area contributed by atoms with E-state index in [9.17, 15) is 4.79 Å². The highest BCUT2D eigenvalue weighted by atomic mass is 35.5. The lowest BCUT2D eigenvalue weighted by atomic mass is 9.98. The van der Waals surface area contributed by atoms with Crippen LogP contribution in [0.2, 0.25) is 5.02 Å². The molecule has 3 aromatic rings. The fourth-order valence-corrected chi connectivity index (χ4v) is 3.80. The largest absolute Gasteiger partial charge is 0.496 e. The van der Waals surface area contributed by atoms with Crippen LogP contribution in [0.25, 0.3) is 0 Å². The lowest BCUT2D eigenvalue weighted by Crippen LogP contribution is -2.42. The van der Waals surface area contributed by atoms with Gasteiger partial charge in [0, 0.05) is 30.0 Å². The van der Waals surface area contributed by atoms with Gasteiger partial charge in [0.2, 0.25) is 0 Å². The Morgan fingerprint density at radius 3 is 2.73 bits per heavy atom. The van der Waals surface area contributed by atoms with Crippen LogP contribution in [0.5, 0.6) is 5.75 Å². The SMILES string of the molecule is COc1ccccc1C(=O)N1CCn2cccc2C1c1cccc(Cl)c1. The van der Waals surface area contributed by atoms with Crippen molar-refractivity contribution >= 4 is 17.5 Å². The van der Waals surface area contributed by atoms with Gasteiger partial charge in [-0.05, 0) is 42.0 Å². The Morgan fingerprint density at radius 1 is 1.08 bits per heavy atom. The lowest BCUT2D eigenvalue weighted by Gasteiger charge is -2.37. The van der Waals surface area contributed by atoms with Crippen molar-refractivity contribution in [3.8, 4) is 5.75 Å². The summed E-state index contributed by atoms with van der Waals surface area (Å²) in [4.78, 5) is 15.3. The number of hydrogen-bond acceptors (Lipinski definition) is 2. The first kappa shape index (κ1) is 16.7. The first-order valence-corrected chi connectivity index (χ1v) is 8.91. The van der Waals surface area contributed by atoms with Crippen molar-refractivity contribution in [2.24, 2.45) is 0 Å². The van der Waals surface area contributed by atoms with E-state index in [1.165, 1.54) is 0 Å². The molecule has 0 saturated heterocycles. The van der Waals surface area contributed by atoms with Crippen molar-refractivity contribution in [1.82, 2.24) is 9.47 Å². The van der Waals surface area contributed by atoms with E-state index < -0.39 is 0 Å². The van der Waals surface area contributed by atoms with E-state index in [0.29, 0.717) is 22.9 Å². The molecular formula is C21H19ClN2O2. The Labute approximate surface area is 157 Å². The molecule has 1 aliphatic heterocycles. The third kappa shape index (κ3) is 2.86. The predicted molar refractivity (Wildman–Crippen MR) is 102 cm³/mol. The molecule has 2 heterocycles. The van der Waals surface area contributed by atoms with E-state index >= 15 is 0 Å². The molecule has 132 valence electrons. The molecule has 4 nitrogen and oxygen atoms in total. The van der Waals surface area contributed by atoms with Gasteiger partial charge in [0.15, 0.2) is 0 Å². The van der Waals surface area contributed by atoms with Gasteiger partial charge in [0.25, 0.3) is 5.91 Å². The quantitative estimate of drug-likeness (QED) is 0.688. The average molecular weight is 367 g/mol. The molecule has 0 N–H and O–H groups in total. The number of amides is 1. The molecule has 1 unspecified atom stereocenters. The van der Waals surface area contributed by atoms with Crippen LogP contribution in [0.3, 0.4) is 0 Å². The minimum atomic E-state index is -0.185. The van der Waals surface area contributed by atoms with Crippen LogP contribution in [0.15, 0.2) is 66.9 Å². The molecule has 0 bridgehead atoms. The van der Waals surface area contributed by atoms with Crippen LogP contribution in [0.4, 0.5) is 0 Å². The first-order valence-electron chi connectivity index (χ1n) is 8.53. The number of aromatic nitrogens is 1. The van der Waals surface area contributed by atoms with Crippen molar-refractivity contribution in [3.05, 3.63) is 88.7 Å². The summed E-state index contributed by atoms with van der Waals surface area (Å²) >= 11 is 6.23. The van der Waals surface area contributed by atoms with E-state index in [1.54, 1.807) is 7.11 Å². The third-order valence-corrected chi connectivity index (χ3v) is 5.04. The van der Waals surface area contributed by atoms with Crippen LogP contribution < -0.4 is 4.74 Å². The van der Waals surface area contributed by atoms with Gasteiger partial charge in [0.1, 0.15) is 5.75 Å². The molecule has 0 saturated carbocycles. The van der Waals surface area contributed by atoms with Gasteiger partial charge in [-0.1, -0.05) is 35.9 Å². The summed E-state index contributed by atoms with van der Waals surface area (Å²) in [5.41, 5.74) is 2.66. The van der Waals surface area contributed by atoms with Crippen molar-refractivity contribution in [3.63, 3.8) is 0 Å². The van der Waals surface area contributed by atoms with Gasteiger partial charge in [-0.2, -0.15) is 0 Å². The summed E-state index contributed by atoms with van der Waals surface area (Å²) in [7, 11) is 1.59. The Hall–Kier alpha value is -2.72. The molecule has 0 spiro atoms. The number of rotatable bonds is 3. The first-order chi connectivity index (χ1) is 12.7. The van der Waals surface area contributed by atoms with Gasteiger partial charge in [-0.15, -0.1) is 0 Å². The minimum Gasteiger partial charge on any atom is -0.496 e. The zero-order valence-electron chi connectivity index (χ0n) is 14.4.